The molecular formula is C12H24N4O. The second-order valence-corrected chi connectivity index (χ2v) is 4.04. The van der Waals surface area contributed by atoms with Crippen LogP contribution in [0.5, 0.6) is 0 Å². The van der Waals surface area contributed by atoms with Gasteiger partial charge in [0, 0.05) is 19.7 Å². The largest absolute Gasteiger partial charge is 0.380 e. The minimum absolute atomic E-state index is 0.761. The molecule has 0 amide bonds. The number of hydrogen-bond donors (Lipinski definition) is 1. The van der Waals surface area contributed by atoms with Gasteiger partial charge in [0.05, 0.1) is 13.2 Å². The SMILES string of the molecule is CCCCOCCNCc1ncnn1CCC. The van der Waals surface area contributed by atoms with Gasteiger partial charge in [0.2, 0.25) is 0 Å². The molecule has 1 rings (SSSR count). The molecule has 98 valence electrons. The normalized spacial score (nSPS) is 10.9. The smallest absolute Gasteiger partial charge is 0.140 e. The highest BCUT2D eigenvalue weighted by molar-refractivity contribution is 4.83. The van der Waals surface area contributed by atoms with E-state index in [0.29, 0.717) is 0 Å². The van der Waals surface area contributed by atoms with Crippen LogP contribution in [0, 0.1) is 0 Å². The van der Waals surface area contributed by atoms with E-state index in [1.807, 2.05) is 4.68 Å². The van der Waals surface area contributed by atoms with Crippen LogP contribution in [0.15, 0.2) is 6.33 Å². The van der Waals surface area contributed by atoms with E-state index in [4.69, 9.17) is 4.74 Å². The topological polar surface area (TPSA) is 52.0 Å². The summed E-state index contributed by atoms with van der Waals surface area (Å²) in [6.07, 6.45) is 5.03. The van der Waals surface area contributed by atoms with Crippen molar-refractivity contribution in [1.29, 1.82) is 0 Å². The van der Waals surface area contributed by atoms with Crippen molar-refractivity contribution in [3.05, 3.63) is 12.2 Å². The molecule has 0 saturated carbocycles. The summed E-state index contributed by atoms with van der Waals surface area (Å²) in [7, 11) is 0. The fourth-order valence-electron chi connectivity index (χ4n) is 1.52. The number of hydrogen-bond acceptors (Lipinski definition) is 4. The predicted octanol–water partition coefficient (Wildman–Crippen LogP) is 1.59. The Balaban J connectivity index is 2.07. The van der Waals surface area contributed by atoms with Crippen LogP contribution in [-0.2, 0) is 17.8 Å². The monoisotopic (exact) mass is 240 g/mol. The van der Waals surface area contributed by atoms with Crippen molar-refractivity contribution in [1.82, 2.24) is 20.1 Å². The molecule has 0 aliphatic carbocycles. The lowest BCUT2D eigenvalue weighted by atomic mass is 10.4. The van der Waals surface area contributed by atoms with Crippen molar-refractivity contribution in [2.24, 2.45) is 0 Å². The zero-order chi connectivity index (χ0) is 12.3. The third-order valence-corrected chi connectivity index (χ3v) is 2.48. The van der Waals surface area contributed by atoms with E-state index in [1.54, 1.807) is 6.33 Å². The summed E-state index contributed by atoms with van der Waals surface area (Å²) < 4.78 is 7.42. The van der Waals surface area contributed by atoms with Crippen molar-refractivity contribution < 1.29 is 4.74 Å². The van der Waals surface area contributed by atoms with Crippen LogP contribution in [0.3, 0.4) is 0 Å². The van der Waals surface area contributed by atoms with Crippen LogP contribution in [0.4, 0.5) is 0 Å². The van der Waals surface area contributed by atoms with Gasteiger partial charge in [-0.15, -0.1) is 0 Å². The van der Waals surface area contributed by atoms with Crippen LogP contribution in [-0.4, -0.2) is 34.5 Å². The minimum atomic E-state index is 0.761. The van der Waals surface area contributed by atoms with Gasteiger partial charge in [-0.1, -0.05) is 20.3 Å². The maximum absolute atomic E-state index is 5.47. The molecule has 0 bridgehead atoms. The maximum Gasteiger partial charge on any atom is 0.140 e. The molecule has 0 fully saturated rings. The van der Waals surface area contributed by atoms with Crippen molar-refractivity contribution >= 4 is 0 Å². The van der Waals surface area contributed by atoms with E-state index in [-0.39, 0.29) is 0 Å². The molecule has 0 saturated heterocycles. The van der Waals surface area contributed by atoms with Gasteiger partial charge in [-0.25, -0.2) is 9.67 Å². The number of aromatic nitrogens is 3. The van der Waals surface area contributed by atoms with Crippen molar-refractivity contribution in [2.45, 2.75) is 46.2 Å². The van der Waals surface area contributed by atoms with Gasteiger partial charge in [0.25, 0.3) is 0 Å². The maximum atomic E-state index is 5.47. The van der Waals surface area contributed by atoms with Gasteiger partial charge in [0.1, 0.15) is 12.2 Å². The van der Waals surface area contributed by atoms with Crippen molar-refractivity contribution in [3.63, 3.8) is 0 Å². The van der Waals surface area contributed by atoms with Crippen LogP contribution in [0.2, 0.25) is 0 Å². The highest BCUT2D eigenvalue weighted by Crippen LogP contribution is 1.95. The molecule has 1 heterocycles. The van der Waals surface area contributed by atoms with Gasteiger partial charge >= 0.3 is 0 Å². The van der Waals surface area contributed by atoms with Gasteiger partial charge in [-0.3, -0.25) is 0 Å². The third-order valence-electron chi connectivity index (χ3n) is 2.48. The standard InChI is InChI=1S/C12H24N4O/c1-3-5-8-17-9-6-13-10-12-14-11-15-16(12)7-4-2/h11,13H,3-10H2,1-2H3. The van der Waals surface area contributed by atoms with Crippen LogP contribution >= 0.6 is 0 Å². The summed E-state index contributed by atoms with van der Waals surface area (Å²) in [4.78, 5) is 4.23. The Morgan fingerprint density at radius 1 is 1.29 bits per heavy atom. The molecule has 0 radical (unpaired) electrons. The molecule has 1 aromatic heterocycles. The number of rotatable bonds is 10. The zero-order valence-electron chi connectivity index (χ0n) is 11.0. The summed E-state index contributed by atoms with van der Waals surface area (Å²) >= 11 is 0. The fraction of sp³-hybridized carbons (Fsp3) is 0.833. The Kier molecular flexibility index (Phi) is 7.58. The zero-order valence-corrected chi connectivity index (χ0v) is 11.0. The van der Waals surface area contributed by atoms with E-state index >= 15 is 0 Å². The fourth-order valence-corrected chi connectivity index (χ4v) is 1.52. The number of nitrogens with one attached hydrogen (secondary N) is 1. The highest BCUT2D eigenvalue weighted by atomic mass is 16.5. The first kappa shape index (κ1) is 14.1. The molecule has 17 heavy (non-hydrogen) atoms. The van der Waals surface area contributed by atoms with Gasteiger partial charge in [-0.05, 0) is 12.8 Å². The minimum Gasteiger partial charge on any atom is -0.380 e. The second kappa shape index (κ2) is 9.13. The molecule has 1 N–H and O–H groups in total. The molecule has 0 atom stereocenters. The Hall–Kier alpha value is -0.940. The molecule has 5 heteroatoms. The number of nitrogens with zero attached hydrogens (tertiary/aromatic N) is 3. The summed E-state index contributed by atoms with van der Waals surface area (Å²) in [6, 6.07) is 0. The molecule has 0 unspecified atom stereocenters. The summed E-state index contributed by atoms with van der Waals surface area (Å²) in [5.41, 5.74) is 0. The lowest BCUT2D eigenvalue weighted by Gasteiger charge is -2.06. The Morgan fingerprint density at radius 2 is 2.18 bits per heavy atom. The lowest BCUT2D eigenvalue weighted by molar-refractivity contribution is 0.132. The highest BCUT2D eigenvalue weighted by Gasteiger charge is 2.01. The van der Waals surface area contributed by atoms with Gasteiger partial charge in [0.15, 0.2) is 0 Å². The molecule has 1 aromatic rings. The second-order valence-electron chi connectivity index (χ2n) is 4.04. The van der Waals surface area contributed by atoms with Gasteiger partial charge in [-0.2, -0.15) is 5.10 Å². The number of ether oxygens (including phenoxy) is 1. The van der Waals surface area contributed by atoms with E-state index < -0.39 is 0 Å². The molecule has 5 nitrogen and oxygen atoms in total. The predicted molar refractivity (Wildman–Crippen MR) is 67.7 cm³/mol. The Labute approximate surface area is 104 Å². The van der Waals surface area contributed by atoms with E-state index in [2.05, 4.69) is 29.2 Å². The Morgan fingerprint density at radius 3 is 2.94 bits per heavy atom. The molecule has 0 aliphatic rings. The summed E-state index contributed by atoms with van der Waals surface area (Å²) in [5.74, 6) is 1.00. The molecular weight excluding hydrogens is 216 g/mol. The van der Waals surface area contributed by atoms with Crippen LogP contribution < -0.4 is 5.32 Å². The van der Waals surface area contributed by atoms with E-state index in [1.165, 1.54) is 6.42 Å². The molecule has 0 aliphatic heterocycles. The van der Waals surface area contributed by atoms with Crippen molar-refractivity contribution in [3.8, 4) is 0 Å². The third kappa shape index (κ3) is 5.79. The summed E-state index contributed by atoms with van der Waals surface area (Å²) in [5, 5.41) is 7.49. The van der Waals surface area contributed by atoms with Gasteiger partial charge < -0.3 is 10.1 Å². The quantitative estimate of drug-likeness (QED) is 0.631. The molecule has 0 aromatic carbocycles. The first-order valence-electron chi connectivity index (χ1n) is 6.53. The first-order chi connectivity index (χ1) is 8.38. The summed E-state index contributed by atoms with van der Waals surface area (Å²) in [6.45, 7) is 8.50. The Bertz CT molecular complexity index is 288. The average molecular weight is 240 g/mol. The number of aryl methyl sites for hydroxylation is 1. The van der Waals surface area contributed by atoms with Crippen LogP contribution in [0.25, 0.3) is 0 Å². The van der Waals surface area contributed by atoms with E-state index in [0.717, 1.165) is 51.5 Å². The lowest BCUT2D eigenvalue weighted by Crippen LogP contribution is -2.22. The average Bonchev–Trinajstić information content (AvgIpc) is 2.76. The van der Waals surface area contributed by atoms with Crippen LogP contribution in [0.1, 0.15) is 38.9 Å². The first-order valence-corrected chi connectivity index (χ1v) is 6.53. The number of unbranched alkanes of at least 4 members (excludes halogenated alkanes) is 1. The van der Waals surface area contributed by atoms with E-state index in [9.17, 15) is 0 Å². The van der Waals surface area contributed by atoms with Crippen molar-refractivity contribution in [2.75, 3.05) is 19.8 Å². The molecule has 0 spiro atoms.